The van der Waals surface area contributed by atoms with Crippen molar-refractivity contribution in [3.8, 4) is 0 Å². The summed E-state index contributed by atoms with van der Waals surface area (Å²) in [6, 6.07) is 2.60. The molecule has 2 saturated heterocycles. The number of piperidine rings is 2. The number of hydrogen-bond donors (Lipinski definition) is 1. The highest BCUT2D eigenvalue weighted by molar-refractivity contribution is 7.89. The second-order valence-corrected chi connectivity index (χ2v) is 11.6. The summed E-state index contributed by atoms with van der Waals surface area (Å²) in [6.45, 7) is 1.12. The zero-order chi connectivity index (χ0) is 24.3. The lowest BCUT2D eigenvalue weighted by Gasteiger charge is -2.37. The molecule has 0 bridgehead atoms. The van der Waals surface area contributed by atoms with Crippen LogP contribution < -0.4 is 5.32 Å². The Labute approximate surface area is 199 Å². The van der Waals surface area contributed by atoms with Gasteiger partial charge in [0.15, 0.2) is 0 Å². The first kappa shape index (κ1) is 25.0. The highest BCUT2D eigenvalue weighted by atomic mass is 32.2. The van der Waals surface area contributed by atoms with Crippen molar-refractivity contribution in [3.63, 3.8) is 0 Å². The quantitative estimate of drug-likeness (QED) is 0.678. The van der Waals surface area contributed by atoms with Gasteiger partial charge in [0.2, 0.25) is 21.8 Å². The minimum atomic E-state index is -4.18. The third kappa shape index (κ3) is 5.59. The molecule has 3 aliphatic rings. The molecule has 2 aliphatic heterocycles. The van der Waals surface area contributed by atoms with Gasteiger partial charge in [-0.3, -0.25) is 9.59 Å². The molecule has 1 atom stereocenters. The maximum absolute atomic E-state index is 14.1. The molecule has 0 radical (unpaired) electrons. The van der Waals surface area contributed by atoms with E-state index in [1.165, 1.54) is 6.42 Å². The Morgan fingerprint density at radius 1 is 0.882 bits per heavy atom. The van der Waals surface area contributed by atoms with Crippen LogP contribution in [0.1, 0.15) is 57.8 Å². The maximum Gasteiger partial charge on any atom is 0.246 e. The van der Waals surface area contributed by atoms with Gasteiger partial charge < -0.3 is 10.2 Å². The Bertz CT molecular complexity index is 1010. The van der Waals surface area contributed by atoms with E-state index < -0.39 is 26.6 Å². The summed E-state index contributed by atoms with van der Waals surface area (Å²) in [7, 11) is -4.18. The van der Waals surface area contributed by atoms with Crippen molar-refractivity contribution in [3.05, 3.63) is 29.8 Å². The van der Waals surface area contributed by atoms with Crippen molar-refractivity contribution in [2.45, 2.75) is 68.7 Å². The van der Waals surface area contributed by atoms with Crippen LogP contribution in [-0.4, -0.2) is 61.7 Å². The Kier molecular flexibility index (Phi) is 7.87. The molecule has 2 heterocycles. The highest BCUT2D eigenvalue weighted by Gasteiger charge is 2.37. The first-order valence-corrected chi connectivity index (χ1v) is 13.7. The third-order valence-corrected chi connectivity index (χ3v) is 9.28. The van der Waals surface area contributed by atoms with Crippen molar-refractivity contribution < 1.29 is 26.8 Å². The van der Waals surface area contributed by atoms with E-state index in [9.17, 15) is 26.8 Å². The van der Waals surface area contributed by atoms with Crippen molar-refractivity contribution in [1.29, 1.82) is 0 Å². The fourth-order valence-electron chi connectivity index (χ4n) is 5.37. The summed E-state index contributed by atoms with van der Waals surface area (Å²) in [4.78, 5) is 27.0. The van der Waals surface area contributed by atoms with Crippen LogP contribution in [0.25, 0.3) is 0 Å². The molecule has 7 nitrogen and oxygen atoms in total. The molecule has 34 heavy (non-hydrogen) atoms. The van der Waals surface area contributed by atoms with E-state index in [4.69, 9.17) is 0 Å². The Morgan fingerprint density at radius 3 is 2.29 bits per heavy atom. The van der Waals surface area contributed by atoms with Crippen LogP contribution >= 0.6 is 0 Å². The number of amides is 2. The minimum Gasteiger partial charge on any atom is -0.353 e. The lowest BCUT2D eigenvalue weighted by molar-refractivity contribution is -0.140. The summed E-state index contributed by atoms with van der Waals surface area (Å²) in [5, 5.41) is 3.17. The maximum atomic E-state index is 14.1. The average Bonchev–Trinajstić information content (AvgIpc) is 2.85. The smallest absolute Gasteiger partial charge is 0.246 e. The predicted octanol–water partition coefficient (Wildman–Crippen LogP) is 3.05. The van der Waals surface area contributed by atoms with Crippen molar-refractivity contribution >= 4 is 21.8 Å². The van der Waals surface area contributed by atoms with E-state index in [0.29, 0.717) is 32.0 Å². The molecule has 1 aromatic rings. The summed E-state index contributed by atoms with van der Waals surface area (Å²) < 4.78 is 54.3. The first-order chi connectivity index (χ1) is 16.3. The number of hydrogen-bond acceptors (Lipinski definition) is 4. The van der Waals surface area contributed by atoms with Gasteiger partial charge in [0.25, 0.3) is 0 Å². The molecular weight excluding hydrogens is 464 g/mol. The first-order valence-electron chi connectivity index (χ1n) is 12.3. The summed E-state index contributed by atoms with van der Waals surface area (Å²) in [5.41, 5.74) is 0. The molecule has 1 aromatic carbocycles. The van der Waals surface area contributed by atoms with Crippen LogP contribution in [0.3, 0.4) is 0 Å². The monoisotopic (exact) mass is 497 g/mol. The van der Waals surface area contributed by atoms with Crippen LogP contribution in [0, 0.1) is 23.5 Å². The number of likely N-dealkylation sites (tertiary alicyclic amines) is 1. The van der Waals surface area contributed by atoms with Gasteiger partial charge in [-0.25, -0.2) is 17.2 Å². The molecular formula is C24H33F2N3O4S. The van der Waals surface area contributed by atoms with Gasteiger partial charge in [-0.15, -0.1) is 0 Å². The van der Waals surface area contributed by atoms with Gasteiger partial charge in [0.05, 0.1) is 5.92 Å². The van der Waals surface area contributed by atoms with Gasteiger partial charge in [-0.1, -0.05) is 19.3 Å². The van der Waals surface area contributed by atoms with Crippen LogP contribution in [0.2, 0.25) is 0 Å². The van der Waals surface area contributed by atoms with Crippen molar-refractivity contribution in [2.75, 3.05) is 26.2 Å². The number of halogens is 2. The molecule has 1 saturated carbocycles. The van der Waals surface area contributed by atoms with Gasteiger partial charge in [-0.05, 0) is 56.7 Å². The molecule has 2 amide bonds. The molecule has 188 valence electrons. The van der Waals surface area contributed by atoms with Gasteiger partial charge in [0, 0.05) is 38.1 Å². The lowest BCUT2D eigenvalue weighted by atomic mass is 9.91. The largest absolute Gasteiger partial charge is 0.353 e. The summed E-state index contributed by atoms with van der Waals surface area (Å²) in [5.74, 6) is -2.39. The number of rotatable bonds is 5. The third-order valence-electron chi connectivity index (χ3n) is 7.37. The second kappa shape index (κ2) is 10.7. The predicted molar refractivity (Wildman–Crippen MR) is 122 cm³/mol. The molecule has 3 fully saturated rings. The van der Waals surface area contributed by atoms with E-state index >= 15 is 0 Å². The molecule has 0 spiro atoms. The molecule has 1 aliphatic carbocycles. The number of nitrogens with one attached hydrogen (secondary N) is 1. The van der Waals surface area contributed by atoms with E-state index in [1.54, 1.807) is 4.90 Å². The van der Waals surface area contributed by atoms with Gasteiger partial charge in [0.1, 0.15) is 16.5 Å². The average molecular weight is 498 g/mol. The molecule has 4 rings (SSSR count). The lowest BCUT2D eigenvalue weighted by Crippen LogP contribution is -2.50. The zero-order valence-corrected chi connectivity index (χ0v) is 20.2. The Hall–Kier alpha value is -2.07. The number of benzene rings is 1. The van der Waals surface area contributed by atoms with Crippen LogP contribution in [0.4, 0.5) is 8.78 Å². The second-order valence-electron chi connectivity index (χ2n) is 9.72. The van der Waals surface area contributed by atoms with Crippen molar-refractivity contribution in [2.24, 2.45) is 11.8 Å². The summed E-state index contributed by atoms with van der Waals surface area (Å²) in [6.07, 6.45) is 7.67. The minimum absolute atomic E-state index is 0.0300. The van der Waals surface area contributed by atoms with Gasteiger partial charge >= 0.3 is 0 Å². The molecule has 1 N–H and O–H groups in total. The fraction of sp³-hybridized carbons (Fsp3) is 0.667. The number of sulfonamides is 1. The standard InChI is InChI=1S/C24H33F2N3O4S/c25-19-8-9-21(26)22(15-19)34(32,33)29-13-10-17(11-14-29)24(31)28-12-4-5-18(16-28)23(30)27-20-6-2-1-3-7-20/h8-9,15,17-18,20H,1-7,10-14,16H2,(H,27,30). The molecule has 0 aromatic heterocycles. The number of carbonyl (C=O) groups is 2. The SMILES string of the molecule is O=C(NC1CCCCC1)C1CCCN(C(=O)C2CCN(S(=O)(=O)c3cc(F)ccc3F)CC2)C1. The van der Waals surface area contributed by atoms with Crippen LogP contribution in [0.15, 0.2) is 23.1 Å². The fourth-order valence-corrected chi connectivity index (χ4v) is 6.92. The van der Waals surface area contributed by atoms with E-state index in [0.717, 1.165) is 55.0 Å². The highest BCUT2D eigenvalue weighted by Crippen LogP contribution is 2.28. The molecule has 1 unspecified atom stereocenters. The normalized spacial score (nSPS) is 23.6. The summed E-state index contributed by atoms with van der Waals surface area (Å²) >= 11 is 0. The Balaban J connectivity index is 1.32. The van der Waals surface area contributed by atoms with Crippen LogP contribution in [0.5, 0.6) is 0 Å². The molecule has 10 heteroatoms. The zero-order valence-electron chi connectivity index (χ0n) is 19.3. The number of nitrogens with zero attached hydrogens (tertiary/aromatic N) is 2. The van der Waals surface area contributed by atoms with E-state index in [2.05, 4.69) is 5.32 Å². The Morgan fingerprint density at radius 2 is 1.59 bits per heavy atom. The van der Waals surface area contributed by atoms with E-state index in [1.807, 2.05) is 0 Å². The van der Waals surface area contributed by atoms with Crippen LogP contribution in [-0.2, 0) is 19.6 Å². The topological polar surface area (TPSA) is 86.8 Å². The van der Waals surface area contributed by atoms with Gasteiger partial charge in [-0.2, -0.15) is 4.31 Å². The van der Waals surface area contributed by atoms with E-state index in [-0.39, 0.29) is 42.8 Å². The van der Waals surface area contributed by atoms with Crippen molar-refractivity contribution in [1.82, 2.24) is 14.5 Å². The number of carbonyl (C=O) groups excluding carboxylic acids is 2.